The van der Waals surface area contributed by atoms with Crippen LogP contribution in [0.15, 0.2) is 36.7 Å². The average molecular weight is 362 g/mol. The van der Waals surface area contributed by atoms with Crippen LogP contribution in [-0.2, 0) is 0 Å². The van der Waals surface area contributed by atoms with E-state index in [0.29, 0.717) is 10.6 Å². The van der Waals surface area contributed by atoms with Gasteiger partial charge in [-0.15, -0.1) is 0 Å². The molecule has 2 nitrogen and oxygen atoms in total. The number of pyridine rings is 1. The molecule has 0 atom stereocenters. The van der Waals surface area contributed by atoms with E-state index in [-0.39, 0.29) is 5.56 Å². The van der Waals surface area contributed by atoms with Gasteiger partial charge in [0, 0.05) is 20.4 Å². The lowest BCUT2D eigenvalue weighted by atomic mass is 10.0. The Kier molecular flexibility index (Phi) is 3.73. The van der Waals surface area contributed by atoms with Gasteiger partial charge in [-0.25, -0.2) is 4.39 Å². The van der Waals surface area contributed by atoms with Crippen molar-refractivity contribution in [2.45, 2.75) is 0 Å². The molecule has 2 aromatic rings. The summed E-state index contributed by atoms with van der Waals surface area (Å²) in [6.45, 7) is 0. The normalized spacial score (nSPS) is 10.3. The molecule has 0 fully saturated rings. The fourth-order valence-electron chi connectivity index (χ4n) is 1.38. The Morgan fingerprint density at radius 1 is 1.29 bits per heavy atom. The Balaban J connectivity index is 2.51. The fourth-order valence-corrected chi connectivity index (χ4v) is 2.13. The Bertz CT molecular complexity index is 588. The summed E-state index contributed by atoms with van der Waals surface area (Å²) in [7, 11) is 0. The number of halogens is 3. The molecule has 0 aliphatic heterocycles. The monoisotopic (exact) mass is 361 g/mol. The molecule has 17 heavy (non-hydrogen) atoms. The number of aromatic nitrogens is 1. The molecule has 5 heteroatoms. The third kappa shape index (κ3) is 2.63. The van der Waals surface area contributed by atoms with E-state index < -0.39 is 11.6 Å². The highest BCUT2D eigenvalue weighted by Gasteiger charge is 2.16. The number of carbonyl (C=O) groups is 1. The molecular formula is C12H6ClFINO. The van der Waals surface area contributed by atoms with Gasteiger partial charge in [-0.2, -0.15) is 0 Å². The second-order valence-electron chi connectivity index (χ2n) is 3.31. The van der Waals surface area contributed by atoms with Crippen molar-refractivity contribution in [3.8, 4) is 0 Å². The Morgan fingerprint density at radius 2 is 2.06 bits per heavy atom. The molecule has 0 spiro atoms. The maximum absolute atomic E-state index is 13.4. The van der Waals surface area contributed by atoms with Crippen LogP contribution >= 0.6 is 34.2 Å². The SMILES string of the molecule is O=C(c1ccncc1F)c1cc(Cl)ccc1I. The third-order valence-electron chi connectivity index (χ3n) is 2.19. The van der Waals surface area contributed by atoms with Crippen LogP contribution in [0.2, 0.25) is 5.02 Å². The van der Waals surface area contributed by atoms with E-state index in [1.54, 1.807) is 12.1 Å². The fraction of sp³-hybridized carbons (Fsp3) is 0. The summed E-state index contributed by atoms with van der Waals surface area (Å²) in [5.41, 5.74) is 0.392. The van der Waals surface area contributed by atoms with Crippen molar-refractivity contribution in [2.24, 2.45) is 0 Å². The largest absolute Gasteiger partial charge is 0.288 e. The number of hydrogen-bond acceptors (Lipinski definition) is 2. The first-order chi connectivity index (χ1) is 8.09. The smallest absolute Gasteiger partial charge is 0.197 e. The van der Waals surface area contributed by atoms with E-state index in [9.17, 15) is 9.18 Å². The minimum absolute atomic E-state index is 0.000169. The van der Waals surface area contributed by atoms with Gasteiger partial charge in [0.25, 0.3) is 0 Å². The summed E-state index contributed by atoms with van der Waals surface area (Å²) in [5.74, 6) is -1.02. The summed E-state index contributed by atoms with van der Waals surface area (Å²) < 4.78 is 14.2. The van der Waals surface area contributed by atoms with Crippen molar-refractivity contribution in [3.63, 3.8) is 0 Å². The highest BCUT2D eigenvalue weighted by molar-refractivity contribution is 14.1. The van der Waals surface area contributed by atoms with Gasteiger partial charge in [-0.3, -0.25) is 9.78 Å². The van der Waals surface area contributed by atoms with Gasteiger partial charge >= 0.3 is 0 Å². The molecule has 0 unspecified atom stereocenters. The number of hydrogen-bond donors (Lipinski definition) is 0. The number of benzene rings is 1. The van der Waals surface area contributed by atoms with Gasteiger partial charge in [-0.1, -0.05) is 11.6 Å². The Labute approximate surface area is 116 Å². The van der Waals surface area contributed by atoms with E-state index in [1.165, 1.54) is 18.3 Å². The van der Waals surface area contributed by atoms with Crippen molar-refractivity contribution in [2.75, 3.05) is 0 Å². The zero-order chi connectivity index (χ0) is 12.4. The maximum Gasteiger partial charge on any atom is 0.197 e. The molecule has 2 rings (SSSR count). The number of carbonyl (C=O) groups excluding carboxylic acids is 1. The first kappa shape index (κ1) is 12.4. The summed E-state index contributed by atoms with van der Waals surface area (Å²) >= 11 is 7.84. The minimum atomic E-state index is -0.631. The second kappa shape index (κ2) is 5.10. The highest BCUT2D eigenvalue weighted by Crippen LogP contribution is 2.21. The van der Waals surface area contributed by atoms with Crippen LogP contribution in [0.1, 0.15) is 15.9 Å². The summed E-state index contributed by atoms with van der Waals surface area (Å²) in [6, 6.07) is 6.29. The van der Waals surface area contributed by atoms with Crippen LogP contribution in [0, 0.1) is 9.39 Å². The molecule has 0 saturated heterocycles. The van der Waals surface area contributed by atoms with E-state index >= 15 is 0 Å². The van der Waals surface area contributed by atoms with Crippen LogP contribution in [0.4, 0.5) is 4.39 Å². The average Bonchev–Trinajstić information content (AvgIpc) is 2.32. The standard InChI is InChI=1S/C12H6ClFINO/c13-7-1-2-11(15)9(5-7)12(17)8-3-4-16-6-10(8)14/h1-6H. The zero-order valence-electron chi connectivity index (χ0n) is 8.45. The first-order valence-electron chi connectivity index (χ1n) is 4.69. The van der Waals surface area contributed by atoms with E-state index in [1.807, 2.05) is 22.6 Å². The predicted molar refractivity (Wildman–Crippen MR) is 71.8 cm³/mol. The summed E-state index contributed by atoms with van der Waals surface area (Å²) in [4.78, 5) is 15.7. The van der Waals surface area contributed by atoms with Crippen LogP contribution < -0.4 is 0 Å². The van der Waals surface area contributed by atoms with Crippen molar-refractivity contribution in [3.05, 3.63) is 62.2 Å². The van der Waals surface area contributed by atoms with Gasteiger partial charge in [0.1, 0.15) is 0 Å². The number of rotatable bonds is 2. The van der Waals surface area contributed by atoms with E-state index in [0.717, 1.165) is 9.77 Å². The van der Waals surface area contributed by atoms with Gasteiger partial charge in [0.2, 0.25) is 0 Å². The van der Waals surface area contributed by atoms with Gasteiger partial charge in [-0.05, 0) is 46.9 Å². The van der Waals surface area contributed by atoms with E-state index in [2.05, 4.69) is 4.98 Å². The number of nitrogens with zero attached hydrogens (tertiary/aromatic N) is 1. The molecule has 1 heterocycles. The molecule has 1 aromatic heterocycles. The number of ketones is 1. The van der Waals surface area contributed by atoms with Crippen molar-refractivity contribution >= 4 is 40.0 Å². The predicted octanol–water partition coefficient (Wildman–Crippen LogP) is 3.71. The van der Waals surface area contributed by atoms with Crippen LogP contribution in [0.3, 0.4) is 0 Å². The van der Waals surface area contributed by atoms with Crippen molar-refractivity contribution in [1.29, 1.82) is 0 Å². The molecule has 0 aliphatic rings. The lowest BCUT2D eigenvalue weighted by Crippen LogP contribution is -2.06. The lowest BCUT2D eigenvalue weighted by Gasteiger charge is -2.05. The van der Waals surface area contributed by atoms with Crippen LogP contribution in [0.25, 0.3) is 0 Å². The first-order valence-corrected chi connectivity index (χ1v) is 6.14. The summed E-state index contributed by atoms with van der Waals surface area (Å²) in [6.07, 6.45) is 2.40. The minimum Gasteiger partial charge on any atom is -0.288 e. The highest BCUT2D eigenvalue weighted by atomic mass is 127. The molecule has 0 radical (unpaired) electrons. The zero-order valence-corrected chi connectivity index (χ0v) is 11.4. The summed E-state index contributed by atoms with van der Waals surface area (Å²) in [5, 5.41) is 0.447. The second-order valence-corrected chi connectivity index (χ2v) is 4.91. The van der Waals surface area contributed by atoms with Gasteiger partial charge < -0.3 is 0 Å². The van der Waals surface area contributed by atoms with Gasteiger partial charge in [0.15, 0.2) is 11.6 Å². The van der Waals surface area contributed by atoms with Crippen LogP contribution in [0.5, 0.6) is 0 Å². The lowest BCUT2D eigenvalue weighted by molar-refractivity contribution is 0.103. The Hall–Kier alpha value is -1.01. The molecule has 1 aromatic carbocycles. The molecule has 0 aliphatic carbocycles. The molecule has 0 amide bonds. The third-order valence-corrected chi connectivity index (χ3v) is 3.37. The maximum atomic E-state index is 13.4. The quantitative estimate of drug-likeness (QED) is 0.603. The molecule has 0 N–H and O–H groups in total. The molecule has 0 saturated carbocycles. The molecule has 86 valence electrons. The van der Waals surface area contributed by atoms with Crippen molar-refractivity contribution in [1.82, 2.24) is 4.98 Å². The van der Waals surface area contributed by atoms with Crippen molar-refractivity contribution < 1.29 is 9.18 Å². The Morgan fingerprint density at radius 3 is 2.76 bits per heavy atom. The molecular weight excluding hydrogens is 355 g/mol. The van der Waals surface area contributed by atoms with Gasteiger partial charge in [0.05, 0.1) is 11.8 Å². The topological polar surface area (TPSA) is 30.0 Å². The van der Waals surface area contributed by atoms with E-state index in [4.69, 9.17) is 11.6 Å². The molecule has 0 bridgehead atoms. The van der Waals surface area contributed by atoms with Crippen LogP contribution in [-0.4, -0.2) is 10.8 Å².